The first-order valence-corrected chi connectivity index (χ1v) is 11.8. The molecule has 0 fully saturated rings. The Kier molecular flexibility index (Phi) is 8.53. The number of methoxy groups -OCH3 is 1. The highest BCUT2D eigenvalue weighted by Gasteiger charge is 2.50. The summed E-state index contributed by atoms with van der Waals surface area (Å²) < 4.78 is 17.2. The molecule has 0 heterocycles. The van der Waals surface area contributed by atoms with Gasteiger partial charge in [0.05, 0.1) is 6.61 Å². The number of ether oxygens (including phenoxy) is 2. The van der Waals surface area contributed by atoms with Gasteiger partial charge in [0.1, 0.15) is 12.9 Å². The molecule has 5 heteroatoms. The SMILES string of the molecule is C=CC[C@H](OCOC)C(=O)CO[Si](c1ccccc1)(c1ccccc1)C(C)(C)C. The minimum atomic E-state index is -2.75. The van der Waals surface area contributed by atoms with E-state index in [-0.39, 0.29) is 24.2 Å². The highest BCUT2D eigenvalue weighted by molar-refractivity contribution is 6.99. The normalized spacial score (nSPS) is 13.1. The van der Waals surface area contributed by atoms with E-state index in [4.69, 9.17) is 13.9 Å². The number of benzene rings is 2. The standard InChI is InChI=1S/C24H32O4Si/c1-6-13-23(27-19-26-5)22(25)18-28-29(24(2,3)4,20-14-9-7-10-15-20)21-16-11-8-12-17-21/h6-12,14-17,23H,1,13,18-19H2,2-5H3/t23-/m0/s1. The predicted octanol–water partition coefficient (Wildman–Crippen LogP) is 3.70. The number of rotatable bonds is 11. The lowest BCUT2D eigenvalue weighted by molar-refractivity contribution is -0.141. The van der Waals surface area contributed by atoms with E-state index in [1.807, 2.05) is 36.4 Å². The van der Waals surface area contributed by atoms with Gasteiger partial charge in [-0.15, -0.1) is 6.58 Å². The molecule has 0 unspecified atom stereocenters. The summed E-state index contributed by atoms with van der Waals surface area (Å²) in [6.07, 6.45) is 1.48. The van der Waals surface area contributed by atoms with Gasteiger partial charge in [-0.3, -0.25) is 4.79 Å². The Balaban J connectivity index is 2.43. The summed E-state index contributed by atoms with van der Waals surface area (Å²) in [6, 6.07) is 20.5. The van der Waals surface area contributed by atoms with Crippen LogP contribution in [0.25, 0.3) is 0 Å². The van der Waals surface area contributed by atoms with Crippen LogP contribution in [0.5, 0.6) is 0 Å². The van der Waals surface area contributed by atoms with Crippen LogP contribution in [-0.2, 0) is 18.7 Å². The molecule has 0 amide bonds. The fraction of sp³-hybridized carbons (Fsp3) is 0.375. The van der Waals surface area contributed by atoms with Gasteiger partial charge in [0.2, 0.25) is 0 Å². The summed E-state index contributed by atoms with van der Waals surface area (Å²) in [6.45, 7) is 10.3. The van der Waals surface area contributed by atoms with E-state index < -0.39 is 14.4 Å². The molecule has 4 nitrogen and oxygen atoms in total. The molecule has 0 saturated heterocycles. The zero-order chi connectivity index (χ0) is 21.3. The largest absolute Gasteiger partial charge is 0.400 e. The zero-order valence-electron chi connectivity index (χ0n) is 17.9. The summed E-state index contributed by atoms with van der Waals surface area (Å²) in [7, 11) is -1.21. The Morgan fingerprint density at radius 3 is 1.97 bits per heavy atom. The van der Waals surface area contributed by atoms with Gasteiger partial charge in [-0.05, 0) is 21.8 Å². The van der Waals surface area contributed by atoms with Crippen molar-refractivity contribution in [1.29, 1.82) is 0 Å². The number of Topliss-reactive ketones (excluding diaryl/α,β-unsaturated/α-hetero) is 1. The molecule has 0 saturated carbocycles. The molecule has 2 aromatic rings. The molecule has 0 aromatic heterocycles. The predicted molar refractivity (Wildman–Crippen MR) is 120 cm³/mol. The van der Waals surface area contributed by atoms with E-state index in [9.17, 15) is 4.79 Å². The fourth-order valence-electron chi connectivity index (χ4n) is 3.63. The zero-order valence-corrected chi connectivity index (χ0v) is 18.9. The Bertz CT molecular complexity index is 729. The first-order valence-electron chi connectivity index (χ1n) is 9.86. The molecule has 156 valence electrons. The van der Waals surface area contributed by atoms with Crippen molar-refractivity contribution in [3.8, 4) is 0 Å². The van der Waals surface area contributed by atoms with Crippen LogP contribution in [0, 0.1) is 0 Å². The molecule has 2 aromatic carbocycles. The van der Waals surface area contributed by atoms with Crippen LogP contribution < -0.4 is 10.4 Å². The van der Waals surface area contributed by atoms with Gasteiger partial charge in [-0.1, -0.05) is 87.5 Å². The van der Waals surface area contributed by atoms with E-state index in [0.717, 1.165) is 10.4 Å². The van der Waals surface area contributed by atoms with Gasteiger partial charge < -0.3 is 13.9 Å². The molecule has 0 bridgehead atoms. The highest BCUT2D eigenvalue weighted by Crippen LogP contribution is 2.36. The van der Waals surface area contributed by atoms with Gasteiger partial charge in [0, 0.05) is 7.11 Å². The molecule has 1 atom stereocenters. The Morgan fingerprint density at radius 1 is 1.03 bits per heavy atom. The monoisotopic (exact) mass is 412 g/mol. The van der Waals surface area contributed by atoms with Crippen molar-refractivity contribution in [3.63, 3.8) is 0 Å². The fourth-order valence-corrected chi connectivity index (χ4v) is 8.14. The van der Waals surface area contributed by atoms with E-state index in [0.29, 0.717) is 6.42 Å². The molecule has 29 heavy (non-hydrogen) atoms. The van der Waals surface area contributed by atoms with Crippen molar-refractivity contribution in [2.24, 2.45) is 0 Å². The summed E-state index contributed by atoms with van der Waals surface area (Å²) in [5.41, 5.74) is 0. The molecular weight excluding hydrogens is 380 g/mol. The topological polar surface area (TPSA) is 44.8 Å². The lowest BCUT2D eigenvalue weighted by atomic mass is 10.2. The summed E-state index contributed by atoms with van der Waals surface area (Å²) in [4.78, 5) is 12.9. The second-order valence-corrected chi connectivity index (χ2v) is 12.3. The second-order valence-electron chi connectivity index (χ2n) is 8.00. The molecule has 0 N–H and O–H groups in total. The maximum absolute atomic E-state index is 12.9. The van der Waals surface area contributed by atoms with Crippen LogP contribution in [0.4, 0.5) is 0 Å². The highest BCUT2D eigenvalue weighted by atomic mass is 28.4. The molecule has 0 spiro atoms. The van der Waals surface area contributed by atoms with Gasteiger partial charge in [-0.25, -0.2) is 0 Å². The average molecular weight is 413 g/mol. The van der Waals surface area contributed by atoms with Crippen molar-refractivity contribution in [2.75, 3.05) is 20.5 Å². The van der Waals surface area contributed by atoms with E-state index >= 15 is 0 Å². The maximum atomic E-state index is 12.9. The van der Waals surface area contributed by atoms with Crippen LogP contribution in [0.15, 0.2) is 73.3 Å². The van der Waals surface area contributed by atoms with Gasteiger partial charge in [0.15, 0.2) is 5.78 Å². The van der Waals surface area contributed by atoms with Crippen LogP contribution in [0.1, 0.15) is 27.2 Å². The van der Waals surface area contributed by atoms with Gasteiger partial charge >= 0.3 is 0 Å². The van der Waals surface area contributed by atoms with Crippen LogP contribution >= 0.6 is 0 Å². The first kappa shape index (κ1) is 23.2. The Hall–Kier alpha value is -2.05. The van der Waals surface area contributed by atoms with Crippen LogP contribution in [0.3, 0.4) is 0 Å². The number of carbonyl (C=O) groups excluding carboxylic acids is 1. The summed E-state index contributed by atoms with van der Waals surface area (Å²) in [5, 5.41) is 2.10. The number of carbonyl (C=O) groups is 1. The molecular formula is C24H32O4Si. The molecule has 0 aliphatic heterocycles. The van der Waals surface area contributed by atoms with E-state index in [1.165, 1.54) is 7.11 Å². The van der Waals surface area contributed by atoms with Crippen molar-refractivity contribution in [2.45, 2.75) is 38.3 Å². The van der Waals surface area contributed by atoms with Crippen molar-refractivity contribution in [1.82, 2.24) is 0 Å². The van der Waals surface area contributed by atoms with E-state index in [1.54, 1.807) is 6.08 Å². The summed E-state index contributed by atoms with van der Waals surface area (Å²) >= 11 is 0. The first-order chi connectivity index (χ1) is 13.9. The minimum absolute atomic E-state index is 0.0184. The molecule has 2 rings (SSSR count). The average Bonchev–Trinajstić information content (AvgIpc) is 2.72. The number of hydrogen-bond acceptors (Lipinski definition) is 4. The van der Waals surface area contributed by atoms with Crippen molar-refractivity contribution < 1.29 is 18.7 Å². The number of hydrogen-bond donors (Lipinski definition) is 0. The molecule has 0 aliphatic rings. The number of ketones is 1. The maximum Gasteiger partial charge on any atom is 0.261 e. The second kappa shape index (κ2) is 10.6. The Labute approximate surface area is 175 Å². The third-order valence-electron chi connectivity index (χ3n) is 4.97. The smallest absolute Gasteiger partial charge is 0.261 e. The van der Waals surface area contributed by atoms with Crippen molar-refractivity contribution >= 4 is 24.5 Å². The third-order valence-corrected chi connectivity index (χ3v) is 9.96. The lowest BCUT2D eigenvalue weighted by Gasteiger charge is -2.43. The van der Waals surface area contributed by atoms with Crippen molar-refractivity contribution in [3.05, 3.63) is 73.3 Å². The minimum Gasteiger partial charge on any atom is -0.400 e. The quantitative estimate of drug-likeness (QED) is 0.321. The van der Waals surface area contributed by atoms with Gasteiger partial charge in [0.25, 0.3) is 8.32 Å². The third kappa shape index (κ3) is 5.51. The van der Waals surface area contributed by atoms with Crippen LogP contribution in [0.2, 0.25) is 5.04 Å². The van der Waals surface area contributed by atoms with Gasteiger partial charge in [-0.2, -0.15) is 0 Å². The molecule has 0 radical (unpaired) electrons. The van der Waals surface area contributed by atoms with E-state index in [2.05, 4.69) is 51.6 Å². The lowest BCUT2D eigenvalue weighted by Crippen LogP contribution is -2.67. The van der Waals surface area contributed by atoms with Crippen LogP contribution in [-0.4, -0.2) is 40.7 Å². The summed E-state index contributed by atoms with van der Waals surface area (Å²) in [5.74, 6) is -0.102. The molecule has 0 aliphatic carbocycles. The Morgan fingerprint density at radius 2 is 1.55 bits per heavy atom.